The van der Waals surface area contributed by atoms with Gasteiger partial charge in [0.05, 0.1) is 12.1 Å². The maximum Gasteiger partial charge on any atom is 0.309 e. The fourth-order valence-corrected chi connectivity index (χ4v) is 2.84. The van der Waals surface area contributed by atoms with E-state index in [4.69, 9.17) is 5.11 Å². The second-order valence-electron chi connectivity index (χ2n) is 4.52. The molecule has 0 unspecified atom stereocenters. The van der Waals surface area contributed by atoms with E-state index in [1.54, 1.807) is 17.5 Å². The predicted molar refractivity (Wildman–Crippen MR) is 82.3 cm³/mol. The third kappa shape index (κ3) is 2.80. The van der Waals surface area contributed by atoms with E-state index in [2.05, 4.69) is 10.3 Å². The van der Waals surface area contributed by atoms with E-state index in [0.29, 0.717) is 10.8 Å². The van der Waals surface area contributed by atoms with Crippen molar-refractivity contribution >= 4 is 38.9 Å². The third-order valence-electron chi connectivity index (χ3n) is 3.02. The Morgan fingerprint density at radius 2 is 1.95 bits per heavy atom. The minimum absolute atomic E-state index is 0.0888. The number of rotatable bonds is 4. The number of hydrogen-bond donors (Lipinski definition) is 3. The number of nitrogens with zero attached hydrogens (tertiary/aromatic N) is 1. The molecule has 3 aromatic rings. The quantitative estimate of drug-likeness (QED) is 0.688. The van der Waals surface area contributed by atoms with E-state index < -0.39 is 5.97 Å². The number of aromatic hydroxyl groups is 1. The van der Waals surface area contributed by atoms with Crippen molar-refractivity contribution in [1.29, 1.82) is 0 Å². The molecule has 0 saturated heterocycles. The molecule has 3 rings (SSSR count). The SMILES string of the molecule is O=C(O)Cc1csc(Nc2cccc3c(O)cccc23)n1. The molecule has 0 aliphatic heterocycles. The van der Waals surface area contributed by atoms with Crippen LogP contribution in [0.3, 0.4) is 0 Å². The molecule has 0 bridgehead atoms. The largest absolute Gasteiger partial charge is 0.507 e. The van der Waals surface area contributed by atoms with Gasteiger partial charge in [-0.3, -0.25) is 4.79 Å². The van der Waals surface area contributed by atoms with Crippen molar-refractivity contribution in [2.24, 2.45) is 0 Å². The third-order valence-corrected chi connectivity index (χ3v) is 3.83. The van der Waals surface area contributed by atoms with Gasteiger partial charge in [0.2, 0.25) is 0 Å². The first-order valence-electron chi connectivity index (χ1n) is 6.27. The molecule has 21 heavy (non-hydrogen) atoms. The van der Waals surface area contributed by atoms with Crippen molar-refractivity contribution in [3.63, 3.8) is 0 Å². The number of anilines is 2. The minimum Gasteiger partial charge on any atom is -0.507 e. The Morgan fingerprint density at radius 3 is 2.76 bits per heavy atom. The Morgan fingerprint density at radius 1 is 1.19 bits per heavy atom. The molecule has 5 nitrogen and oxygen atoms in total. The van der Waals surface area contributed by atoms with Crippen molar-refractivity contribution in [3.8, 4) is 5.75 Å². The number of fused-ring (bicyclic) bond motifs is 1. The van der Waals surface area contributed by atoms with Crippen molar-refractivity contribution in [1.82, 2.24) is 4.98 Å². The summed E-state index contributed by atoms with van der Waals surface area (Å²) in [6.45, 7) is 0. The number of hydrogen-bond acceptors (Lipinski definition) is 5. The Bertz CT molecular complexity index is 814. The monoisotopic (exact) mass is 300 g/mol. The van der Waals surface area contributed by atoms with Gasteiger partial charge in [0, 0.05) is 21.8 Å². The number of aromatic nitrogens is 1. The van der Waals surface area contributed by atoms with Gasteiger partial charge < -0.3 is 15.5 Å². The number of phenols is 1. The summed E-state index contributed by atoms with van der Waals surface area (Å²) in [5, 5.41) is 25.8. The van der Waals surface area contributed by atoms with Crippen LogP contribution in [0.1, 0.15) is 5.69 Å². The smallest absolute Gasteiger partial charge is 0.309 e. The summed E-state index contributed by atoms with van der Waals surface area (Å²) in [6.07, 6.45) is -0.0888. The first kappa shape index (κ1) is 13.4. The van der Waals surface area contributed by atoms with Crippen LogP contribution < -0.4 is 5.32 Å². The summed E-state index contributed by atoms with van der Waals surface area (Å²) in [5.41, 5.74) is 1.35. The molecule has 3 N–H and O–H groups in total. The second kappa shape index (κ2) is 5.41. The van der Waals surface area contributed by atoms with Gasteiger partial charge >= 0.3 is 5.97 Å². The van der Waals surface area contributed by atoms with Gasteiger partial charge in [-0.15, -0.1) is 11.3 Å². The molecule has 0 atom stereocenters. The lowest BCUT2D eigenvalue weighted by atomic mass is 10.1. The van der Waals surface area contributed by atoms with Crippen LogP contribution in [0.15, 0.2) is 41.8 Å². The van der Waals surface area contributed by atoms with E-state index in [-0.39, 0.29) is 12.2 Å². The summed E-state index contributed by atoms with van der Waals surface area (Å²) in [7, 11) is 0. The molecule has 6 heteroatoms. The molecule has 0 amide bonds. The van der Waals surface area contributed by atoms with Crippen LogP contribution in [0.4, 0.5) is 10.8 Å². The number of carboxylic acids is 1. The molecule has 2 aromatic carbocycles. The average Bonchev–Trinajstić information content (AvgIpc) is 2.86. The van der Waals surface area contributed by atoms with E-state index in [1.165, 1.54) is 11.3 Å². The van der Waals surface area contributed by atoms with E-state index in [1.807, 2.05) is 24.3 Å². The topological polar surface area (TPSA) is 82.5 Å². The normalized spacial score (nSPS) is 10.7. The molecule has 106 valence electrons. The number of phenolic OH excluding ortho intramolecular Hbond substituents is 1. The highest BCUT2D eigenvalue weighted by Gasteiger charge is 2.08. The van der Waals surface area contributed by atoms with Crippen LogP contribution in [0.5, 0.6) is 5.75 Å². The second-order valence-corrected chi connectivity index (χ2v) is 5.38. The van der Waals surface area contributed by atoms with Gasteiger partial charge in [-0.2, -0.15) is 0 Å². The lowest BCUT2D eigenvalue weighted by molar-refractivity contribution is -0.136. The van der Waals surface area contributed by atoms with E-state index in [0.717, 1.165) is 16.5 Å². The van der Waals surface area contributed by atoms with Crippen LogP contribution in [0.2, 0.25) is 0 Å². The van der Waals surface area contributed by atoms with Gasteiger partial charge in [-0.25, -0.2) is 4.98 Å². The molecule has 0 saturated carbocycles. The van der Waals surface area contributed by atoms with Crippen LogP contribution in [0.25, 0.3) is 10.8 Å². The Labute approximate surface area is 124 Å². The first-order valence-corrected chi connectivity index (χ1v) is 7.15. The number of carbonyl (C=O) groups is 1. The Hall–Kier alpha value is -2.60. The average molecular weight is 300 g/mol. The summed E-state index contributed by atoms with van der Waals surface area (Å²) in [5.74, 6) is -0.677. The lowest BCUT2D eigenvalue weighted by Gasteiger charge is -2.08. The number of thiazole rings is 1. The van der Waals surface area contributed by atoms with Crippen molar-refractivity contribution in [2.45, 2.75) is 6.42 Å². The van der Waals surface area contributed by atoms with Crippen molar-refractivity contribution in [3.05, 3.63) is 47.5 Å². The number of benzene rings is 2. The predicted octanol–water partition coefficient (Wildman–Crippen LogP) is 3.37. The Kier molecular flexibility index (Phi) is 3.45. The molecule has 0 aliphatic carbocycles. The van der Waals surface area contributed by atoms with Crippen LogP contribution >= 0.6 is 11.3 Å². The molecule has 1 heterocycles. The van der Waals surface area contributed by atoms with Crippen LogP contribution in [-0.4, -0.2) is 21.2 Å². The summed E-state index contributed by atoms with van der Waals surface area (Å²) in [4.78, 5) is 14.9. The summed E-state index contributed by atoms with van der Waals surface area (Å²) < 4.78 is 0. The van der Waals surface area contributed by atoms with E-state index in [9.17, 15) is 9.90 Å². The highest BCUT2D eigenvalue weighted by atomic mass is 32.1. The van der Waals surface area contributed by atoms with Gasteiger partial charge in [0.25, 0.3) is 0 Å². The molecule has 0 spiro atoms. The minimum atomic E-state index is -0.901. The highest BCUT2D eigenvalue weighted by Crippen LogP contribution is 2.32. The first-order chi connectivity index (χ1) is 10.1. The molecular weight excluding hydrogens is 288 g/mol. The number of nitrogens with one attached hydrogen (secondary N) is 1. The highest BCUT2D eigenvalue weighted by molar-refractivity contribution is 7.13. The molecule has 0 fully saturated rings. The van der Waals surface area contributed by atoms with Crippen LogP contribution in [-0.2, 0) is 11.2 Å². The summed E-state index contributed by atoms with van der Waals surface area (Å²) in [6, 6.07) is 10.9. The zero-order valence-corrected chi connectivity index (χ0v) is 11.7. The number of carboxylic acid groups (broad SMARTS) is 1. The number of aliphatic carboxylic acids is 1. The van der Waals surface area contributed by atoms with Crippen molar-refractivity contribution in [2.75, 3.05) is 5.32 Å². The van der Waals surface area contributed by atoms with Gasteiger partial charge in [-0.1, -0.05) is 24.3 Å². The lowest BCUT2D eigenvalue weighted by Crippen LogP contribution is -2.00. The molecule has 1 aromatic heterocycles. The molecule has 0 aliphatic rings. The van der Waals surface area contributed by atoms with Gasteiger partial charge in [-0.05, 0) is 12.1 Å². The van der Waals surface area contributed by atoms with E-state index >= 15 is 0 Å². The maximum absolute atomic E-state index is 10.7. The van der Waals surface area contributed by atoms with Gasteiger partial charge in [0.1, 0.15) is 5.75 Å². The Balaban J connectivity index is 1.93. The molecule has 0 radical (unpaired) electrons. The van der Waals surface area contributed by atoms with Gasteiger partial charge in [0.15, 0.2) is 5.13 Å². The van der Waals surface area contributed by atoms with Crippen molar-refractivity contribution < 1.29 is 15.0 Å². The van der Waals surface area contributed by atoms with Crippen LogP contribution in [0, 0.1) is 0 Å². The zero-order chi connectivity index (χ0) is 14.8. The fraction of sp³-hybridized carbons (Fsp3) is 0.0667. The fourth-order valence-electron chi connectivity index (χ4n) is 2.12. The molecular formula is C15H12N2O3S. The maximum atomic E-state index is 10.7. The standard InChI is InChI=1S/C15H12N2O3S/c18-13-6-2-3-10-11(13)4-1-5-12(10)17-15-16-9(8-21-15)7-14(19)20/h1-6,8,18H,7H2,(H,16,17)(H,19,20). The zero-order valence-electron chi connectivity index (χ0n) is 10.9. The summed E-state index contributed by atoms with van der Waals surface area (Å²) >= 11 is 1.35.